The van der Waals surface area contributed by atoms with Crippen LogP contribution in [0.1, 0.15) is 58.3 Å². The summed E-state index contributed by atoms with van der Waals surface area (Å²) in [4.78, 5) is 13.5. The van der Waals surface area contributed by atoms with Crippen molar-refractivity contribution < 1.29 is 9.90 Å². The maximum Gasteiger partial charge on any atom is 0.320 e. The van der Waals surface area contributed by atoms with E-state index in [4.69, 9.17) is 0 Å². The first-order valence-electron chi connectivity index (χ1n) is 7.14. The summed E-state index contributed by atoms with van der Waals surface area (Å²) in [5, 5.41) is 9.27. The molecule has 0 aromatic carbocycles. The number of hydrogen-bond donors (Lipinski definition) is 1. The average Bonchev–Trinajstić information content (AvgIpc) is 2.76. The van der Waals surface area contributed by atoms with Crippen LogP contribution in [0.2, 0.25) is 0 Å². The zero-order valence-corrected chi connectivity index (χ0v) is 11.0. The van der Waals surface area contributed by atoms with Crippen molar-refractivity contribution in [1.82, 2.24) is 4.90 Å². The number of carboxylic acids is 1. The van der Waals surface area contributed by atoms with Gasteiger partial charge in [-0.1, -0.05) is 26.2 Å². The van der Waals surface area contributed by atoms with E-state index in [1.165, 1.54) is 38.5 Å². The normalized spacial score (nSPS) is 26.2. The third-order valence-electron chi connectivity index (χ3n) is 4.81. The molecule has 0 aromatic heterocycles. The van der Waals surface area contributed by atoms with Crippen LogP contribution in [0, 0.1) is 5.41 Å². The molecule has 3 heteroatoms. The monoisotopic (exact) mass is 239 g/mol. The fourth-order valence-electron chi connectivity index (χ4n) is 3.67. The summed E-state index contributed by atoms with van der Waals surface area (Å²) in [6.45, 7) is 4.06. The molecule has 3 nitrogen and oxygen atoms in total. The molecule has 0 bridgehead atoms. The highest BCUT2D eigenvalue weighted by atomic mass is 16.4. The van der Waals surface area contributed by atoms with Gasteiger partial charge >= 0.3 is 5.97 Å². The molecule has 1 aliphatic carbocycles. The van der Waals surface area contributed by atoms with Gasteiger partial charge < -0.3 is 5.11 Å². The van der Waals surface area contributed by atoms with Crippen molar-refractivity contribution in [2.45, 2.75) is 64.3 Å². The summed E-state index contributed by atoms with van der Waals surface area (Å²) in [7, 11) is 0. The van der Waals surface area contributed by atoms with E-state index in [0.29, 0.717) is 5.41 Å². The zero-order valence-electron chi connectivity index (χ0n) is 11.0. The number of rotatable bonds is 4. The van der Waals surface area contributed by atoms with Crippen LogP contribution in [0.15, 0.2) is 0 Å². The quantitative estimate of drug-likeness (QED) is 0.820. The topological polar surface area (TPSA) is 40.5 Å². The predicted molar refractivity (Wildman–Crippen MR) is 68.0 cm³/mol. The van der Waals surface area contributed by atoms with E-state index in [0.717, 1.165) is 25.9 Å². The number of carboxylic acid groups (broad SMARTS) is 1. The van der Waals surface area contributed by atoms with Crippen molar-refractivity contribution >= 4 is 5.97 Å². The lowest BCUT2D eigenvalue weighted by Crippen LogP contribution is -2.47. The Labute approximate surface area is 104 Å². The molecule has 1 atom stereocenters. The van der Waals surface area contributed by atoms with E-state index in [1.807, 2.05) is 0 Å². The first-order valence-corrected chi connectivity index (χ1v) is 7.14. The smallest absolute Gasteiger partial charge is 0.320 e. The van der Waals surface area contributed by atoms with Crippen molar-refractivity contribution in [1.29, 1.82) is 0 Å². The van der Waals surface area contributed by atoms with Gasteiger partial charge in [-0.15, -0.1) is 0 Å². The van der Waals surface area contributed by atoms with E-state index in [-0.39, 0.29) is 6.04 Å². The van der Waals surface area contributed by atoms with E-state index in [9.17, 15) is 9.90 Å². The van der Waals surface area contributed by atoms with Gasteiger partial charge in [0, 0.05) is 0 Å². The Morgan fingerprint density at radius 1 is 1.24 bits per heavy atom. The number of likely N-dealkylation sites (tertiary alicyclic amines) is 1. The van der Waals surface area contributed by atoms with Crippen LogP contribution in [-0.2, 0) is 4.79 Å². The second-order valence-electron chi connectivity index (χ2n) is 5.89. The standard InChI is InChI=1S/C14H25NO2/c1-2-5-12(13(16)17)15-10-8-14(9-11-15)6-3-4-7-14/h12H,2-11H2,1H3,(H,16,17). The Hall–Kier alpha value is -0.570. The Kier molecular flexibility index (Phi) is 4.08. The van der Waals surface area contributed by atoms with Gasteiger partial charge in [-0.3, -0.25) is 9.69 Å². The van der Waals surface area contributed by atoms with Crippen LogP contribution in [0.3, 0.4) is 0 Å². The molecule has 2 rings (SSSR count). The zero-order chi connectivity index (χ0) is 12.3. The summed E-state index contributed by atoms with van der Waals surface area (Å²) in [6.07, 6.45) is 9.73. The van der Waals surface area contributed by atoms with E-state index in [2.05, 4.69) is 11.8 Å². The Morgan fingerprint density at radius 2 is 1.82 bits per heavy atom. The lowest BCUT2D eigenvalue weighted by atomic mass is 9.76. The molecular formula is C14H25NO2. The third kappa shape index (κ3) is 2.82. The van der Waals surface area contributed by atoms with Crippen LogP contribution in [0.4, 0.5) is 0 Å². The molecule has 1 N–H and O–H groups in total. The van der Waals surface area contributed by atoms with Gasteiger partial charge in [0.25, 0.3) is 0 Å². The highest BCUT2D eigenvalue weighted by Gasteiger charge is 2.39. The van der Waals surface area contributed by atoms with Crippen molar-refractivity contribution in [3.63, 3.8) is 0 Å². The molecule has 0 radical (unpaired) electrons. The molecule has 1 spiro atoms. The highest BCUT2D eigenvalue weighted by Crippen LogP contribution is 2.46. The number of aliphatic carboxylic acids is 1. The summed E-state index contributed by atoms with van der Waals surface area (Å²) in [6, 6.07) is -0.237. The molecule has 1 saturated heterocycles. The van der Waals surface area contributed by atoms with Crippen LogP contribution in [-0.4, -0.2) is 35.1 Å². The first kappa shape index (κ1) is 12.9. The van der Waals surface area contributed by atoms with E-state index >= 15 is 0 Å². The maximum atomic E-state index is 11.3. The molecule has 0 aromatic rings. The number of hydrogen-bond acceptors (Lipinski definition) is 2. The fourth-order valence-corrected chi connectivity index (χ4v) is 3.67. The van der Waals surface area contributed by atoms with Crippen LogP contribution >= 0.6 is 0 Å². The lowest BCUT2D eigenvalue weighted by molar-refractivity contribution is -0.144. The minimum atomic E-state index is -0.630. The molecule has 98 valence electrons. The number of carbonyl (C=O) groups is 1. The molecule has 1 unspecified atom stereocenters. The van der Waals surface area contributed by atoms with Crippen molar-refractivity contribution in [3.8, 4) is 0 Å². The molecular weight excluding hydrogens is 214 g/mol. The second-order valence-corrected chi connectivity index (χ2v) is 5.89. The minimum absolute atomic E-state index is 0.237. The lowest BCUT2D eigenvalue weighted by Gasteiger charge is -2.41. The highest BCUT2D eigenvalue weighted by molar-refractivity contribution is 5.73. The van der Waals surface area contributed by atoms with Crippen molar-refractivity contribution in [2.75, 3.05) is 13.1 Å². The predicted octanol–water partition coefficient (Wildman–Crippen LogP) is 2.90. The van der Waals surface area contributed by atoms with Crippen molar-refractivity contribution in [2.24, 2.45) is 5.41 Å². The first-order chi connectivity index (χ1) is 8.17. The van der Waals surface area contributed by atoms with E-state index in [1.54, 1.807) is 0 Å². The van der Waals surface area contributed by atoms with Crippen LogP contribution in [0.25, 0.3) is 0 Å². The van der Waals surface area contributed by atoms with Crippen molar-refractivity contribution in [3.05, 3.63) is 0 Å². The average molecular weight is 239 g/mol. The summed E-state index contributed by atoms with van der Waals surface area (Å²) in [5.74, 6) is -0.630. The minimum Gasteiger partial charge on any atom is -0.480 e. The summed E-state index contributed by atoms with van der Waals surface area (Å²) < 4.78 is 0. The SMILES string of the molecule is CCCC(C(=O)O)N1CCC2(CCCC2)CC1. The molecule has 2 aliphatic rings. The van der Waals surface area contributed by atoms with Gasteiger partial charge in [-0.05, 0) is 50.6 Å². The molecule has 1 heterocycles. The van der Waals surface area contributed by atoms with Crippen LogP contribution < -0.4 is 0 Å². The molecule has 0 amide bonds. The number of nitrogens with zero attached hydrogens (tertiary/aromatic N) is 1. The fraction of sp³-hybridized carbons (Fsp3) is 0.929. The second kappa shape index (κ2) is 5.38. The third-order valence-corrected chi connectivity index (χ3v) is 4.81. The van der Waals surface area contributed by atoms with Gasteiger partial charge in [0.2, 0.25) is 0 Å². The summed E-state index contributed by atoms with van der Waals surface area (Å²) >= 11 is 0. The molecule has 17 heavy (non-hydrogen) atoms. The maximum absolute atomic E-state index is 11.3. The van der Waals surface area contributed by atoms with E-state index < -0.39 is 5.97 Å². The van der Waals surface area contributed by atoms with Gasteiger partial charge in [0.1, 0.15) is 6.04 Å². The molecule has 1 saturated carbocycles. The largest absolute Gasteiger partial charge is 0.480 e. The van der Waals surface area contributed by atoms with Crippen LogP contribution in [0.5, 0.6) is 0 Å². The Balaban J connectivity index is 1.90. The van der Waals surface area contributed by atoms with Gasteiger partial charge in [-0.25, -0.2) is 0 Å². The Morgan fingerprint density at radius 3 is 2.29 bits per heavy atom. The number of piperidine rings is 1. The molecule has 2 fully saturated rings. The summed E-state index contributed by atoms with van der Waals surface area (Å²) in [5.41, 5.74) is 0.589. The Bertz CT molecular complexity index is 261. The van der Waals surface area contributed by atoms with Gasteiger partial charge in [-0.2, -0.15) is 0 Å². The van der Waals surface area contributed by atoms with Gasteiger partial charge in [0.15, 0.2) is 0 Å². The van der Waals surface area contributed by atoms with Gasteiger partial charge in [0.05, 0.1) is 0 Å². The molecule has 1 aliphatic heterocycles.